The summed E-state index contributed by atoms with van der Waals surface area (Å²) in [5, 5.41) is 0.709. The Morgan fingerprint density at radius 1 is 1.09 bits per heavy atom. The molecule has 22 heavy (non-hydrogen) atoms. The maximum Gasteiger partial charge on any atom is 0.333 e. The Kier molecular flexibility index (Phi) is 3.48. The highest BCUT2D eigenvalue weighted by molar-refractivity contribution is 8.02. The number of imide groups is 1. The third kappa shape index (κ3) is 2.14. The monoisotopic (exact) mass is 358 g/mol. The van der Waals surface area contributed by atoms with Gasteiger partial charge in [-0.2, -0.15) is 0 Å². The van der Waals surface area contributed by atoms with Gasteiger partial charge in [0.2, 0.25) is 0 Å². The number of carbonyl (C=O) groups is 2. The second kappa shape index (κ2) is 4.79. The minimum atomic E-state index is -0.477. The molecule has 0 bridgehead atoms. The van der Waals surface area contributed by atoms with Gasteiger partial charge in [0, 0.05) is 4.75 Å². The zero-order valence-electron chi connectivity index (χ0n) is 12.7. The van der Waals surface area contributed by atoms with Gasteiger partial charge in [0.1, 0.15) is 6.04 Å². The summed E-state index contributed by atoms with van der Waals surface area (Å²) < 4.78 is -0.346. The van der Waals surface area contributed by atoms with Crippen molar-refractivity contribution < 1.29 is 9.59 Å². The van der Waals surface area contributed by atoms with E-state index in [4.69, 9.17) is 23.2 Å². The summed E-state index contributed by atoms with van der Waals surface area (Å²) in [6.07, 6.45) is 0. The molecular formula is C15H16Cl2N2O2S. The predicted octanol–water partition coefficient (Wildman–Crippen LogP) is 4.39. The summed E-state index contributed by atoms with van der Waals surface area (Å²) in [5.74, 6) is -0.216. The molecule has 2 heterocycles. The third-order valence-electron chi connectivity index (χ3n) is 4.02. The fraction of sp³-hybridized carbons (Fsp3) is 0.467. The molecule has 2 aliphatic heterocycles. The number of carbonyl (C=O) groups excluding carboxylic acids is 2. The average Bonchev–Trinajstić information content (AvgIpc) is 2.75. The van der Waals surface area contributed by atoms with Crippen molar-refractivity contribution in [1.82, 2.24) is 4.90 Å². The molecule has 2 saturated heterocycles. The summed E-state index contributed by atoms with van der Waals surface area (Å²) in [4.78, 5) is 28.1. The number of amides is 3. The molecular weight excluding hydrogens is 343 g/mol. The van der Waals surface area contributed by atoms with Crippen LogP contribution in [0.4, 0.5) is 10.5 Å². The van der Waals surface area contributed by atoms with Crippen molar-refractivity contribution in [2.24, 2.45) is 0 Å². The van der Waals surface area contributed by atoms with Crippen LogP contribution < -0.4 is 4.90 Å². The standard InChI is InChI=1S/C15H16Cl2N2O2S/c1-14(2)11-12(20)18(8-5-6-9(16)10(17)7-8)13(21)19(11)15(3,4)22-14/h5-7,11H,1-4H3. The second-order valence-electron chi connectivity index (χ2n) is 6.48. The first-order valence-electron chi connectivity index (χ1n) is 6.89. The highest BCUT2D eigenvalue weighted by atomic mass is 35.5. The van der Waals surface area contributed by atoms with E-state index in [0.29, 0.717) is 15.7 Å². The van der Waals surface area contributed by atoms with Crippen molar-refractivity contribution in [2.75, 3.05) is 4.90 Å². The van der Waals surface area contributed by atoms with Crippen molar-refractivity contribution >= 4 is 52.6 Å². The highest BCUT2D eigenvalue weighted by Gasteiger charge is 2.63. The van der Waals surface area contributed by atoms with E-state index in [0.717, 1.165) is 0 Å². The number of benzene rings is 1. The molecule has 1 aromatic carbocycles. The number of hydrogen-bond acceptors (Lipinski definition) is 3. The molecule has 118 valence electrons. The Morgan fingerprint density at radius 2 is 1.73 bits per heavy atom. The van der Waals surface area contributed by atoms with E-state index in [1.807, 2.05) is 27.7 Å². The first kappa shape index (κ1) is 16.0. The fourth-order valence-electron chi connectivity index (χ4n) is 3.31. The Labute approximate surface area is 143 Å². The van der Waals surface area contributed by atoms with Crippen molar-refractivity contribution in [3.63, 3.8) is 0 Å². The summed E-state index contributed by atoms with van der Waals surface area (Å²) in [6.45, 7) is 7.91. The Bertz CT molecular complexity index is 658. The van der Waals surface area contributed by atoms with Gasteiger partial charge in [-0.1, -0.05) is 23.2 Å². The van der Waals surface area contributed by atoms with E-state index < -0.39 is 10.9 Å². The minimum Gasteiger partial charge on any atom is -0.296 e. The maximum atomic E-state index is 12.9. The van der Waals surface area contributed by atoms with Gasteiger partial charge in [-0.3, -0.25) is 9.69 Å². The van der Waals surface area contributed by atoms with Crippen LogP contribution in [-0.4, -0.2) is 32.5 Å². The van der Waals surface area contributed by atoms with E-state index in [1.54, 1.807) is 34.9 Å². The maximum absolute atomic E-state index is 12.9. The van der Waals surface area contributed by atoms with Crippen LogP contribution in [0.5, 0.6) is 0 Å². The Balaban J connectivity index is 2.08. The molecule has 0 aliphatic carbocycles. The van der Waals surface area contributed by atoms with Gasteiger partial charge in [-0.25, -0.2) is 9.69 Å². The van der Waals surface area contributed by atoms with Gasteiger partial charge >= 0.3 is 6.03 Å². The second-order valence-corrected chi connectivity index (χ2v) is 9.55. The van der Waals surface area contributed by atoms with Gasteiger partial charge in [0.15, 0.2) is 0 Å². The van der Waals surface area contributed by atoms with Gasteiger partial charge in [-0.15, -0.1) is 11.8 Å². The van der Waals surface area contributed by atoms with E-state index in [1.165, 1.54) is 4.90 Å². The van der Waals surface area contributed by atoms with Crippen LogP contribution in [0.1, 0.15) is 27.7 Å². The normalized spacial score (nSPS) is 25.8. The zero-order valence-corrected chi connectivity index (χ0v) is 15.0. The molecule has 2 fully saturated rings. The Hall–Kier alpha value is -0.910. The summed E-state index contributed by atoms with van der Waals surface area (Å²) >= 11 is 13.6. The van der Waals surface area contributed by atoms with Crippen molar-refractivity contribution in [2.45, 2.75) is 43.4 Å². The summed E-state index contributed by atoms with van der Waals surface area (Å²) in [5.41, 5.74) is 0.454. The fourth-order valence-corrected chi connectivity index (χ4v) is 5.48. The van der Waals surface area contributed by atoms with Crippen molar-refractivity contribution in [3.05, 3.63) is 28.2 Å². The van der Waals surface area contributed by atoms with Crippen LogP contribution >= 0.6 is 35.0 Å². The summed E-state index contributed by atoms with van der Waals surface area (Å²) in [7, 11) is 0. The molecule has 2 aliphatic rings. The lowest BCUT2D eigenvalue weighted by atomic mass is 10.0. The molecule has 3 rings (SSSR count). The molecule has 0 saturated carbocycles. The molecule has 0 spiro atoms. The van der Waals surface area contributed by atoms with Crippen LogP contribution in [0, 0.1) is 0 Å². The van der Waals surface area contributed by atoms with Crippen LogP contribution in [-0.2, 0) is 4.79 Å². The number of rotatable bonds is 1. The number of thioether (sulfide) groups is 1. The van der Waals surface area contributed by atoms with E-state index in [9.17, 15) is 9.59 Å². The molecule has 0 aromatic heterocycles. The van der Waals surface area contributed by atoms with Crippen molar-refractivity contribution in [1.29, 1.82) is 0 Å². The number of anilines is 1. The lowest BCUT2D eigenvalue weighted by Gasteiger charge is -2.29. The highest BCUT2D eigenvalue weighted by Crippen LogP contribution is 2.54. The molecule has 1 aromatic rings. The molecule has 7 heteroatoms. The SMILES string of the molecule is CC1(C)SC(C)(C)N2C(=O)N(c3ccc(Cl)c(Cl)c3)C(=O)C21. The smallest absolute Gasteiger partial charge is 0.296 e. The van der Waals surface area contributed by atoms with Crippen LogP contribution in [0.25, 0.3) is 0 Å². The van der Waals surface area contributed by atoms with E-state index in [2.05, 4.69) is 0 Å². The average molecular weight is 359 g/mol. The largest absolute Gasteiger partial charge is 0.333 e. The van der Waals surface area contributed by atoms with Gasteiger partial charge in [0.05, 0.1) is 20.6 Å². The molecule has 4 nitrogen and oxygen atoms in total. The van der Waals surface area contributed by atoms with E-state index in [-0.39, 0.29) is 16.7 Å². The molecule has 1 atom stereocenters. The number of halogens is 2. The van der Waals surface area contributed by atoms with Gasteiger partial charge < -0.3 is 0 Å². The quantitative estimate of drug-likeness (QED) is 0.698. The predicted molar refractivity (Wildman–Crippen MR) is 90.7 cm³/mol. The molecule has 3 amide bonds. The topological polar surface area (TPSA) is 40.6 Å². The van der Waals surface area contributed by atoms with Gasteiger partial charge in [0.25, 0.3) is 5.91 Å². The zero-order chi connectivity index (χ0) is 16.4. The van der Waals surface area contributed by atoms with Crippen molar-refractivity contribution in [3.8, 4) is 0 Å². The molecule has 0 N–H and O–H groups in total. The lowest BCUT2D eigenvalue weighted by Crippen LogP contribution is -2.45. The van der Waals surface area contributed by atoms with Crippen LogP contribution in [0.3, 0.4) is 0 Å². The number of fused-ring (bicyclic) bond motifs is 1. The number of nitrogens with zero attached hydrogens (tertiary/aromatic N) is 2. The Morgan fingerprint density at radius 3 is 2.27 bits per heavy atom. The number of urea groups is 1. The van der Waals surface area contributed by atoms with Gasteiger partial charge in [-0.05, 0) is 45.9 Å². The number of hydrogen-bond donors (Lipinski definition) is 0. The van der Waals surface area contributed by atoms with Crippen LogP contribution in [0.2, 0.25) is 10.0 Å². The molecule has 1 unspecified atom stereocenters. The first-order valence-corrected chi connectivity index (χ1v) is 8.46. The minimum absolute atomic E-state index is 0.216. The third-order valence-corrected chi connectivity index (χ3v) is 6.21. The lowest BCUT2D eigenvalue weighted by molar-refractivity contribution is -0.120. The first-order chi connectivity index (χ1) is 10.1. The van der Waals surface area contributed by atoms with Crippen LogP contribution in [0.15, 0.2) is 18.2 Å². The summed E-state index contributed by atoms with van der Waals surface area (Å²) in [6, 6.07) is 3.99. The van der Waals surface area contributed by atoms with E-state index >= 15 is 0 Å². The molecule has 0 radical (unpaired) electrons.